The molecule has 4 heteroatoms. The van der Waals surface area contributed by atoms with Crippen molar-refractivity contribution in [3.8, 4) is 0 Å². The lowest BCUT2D eigenvalue weighted by atomic mass is 11.3. The molecule has 0 aliphatic rings. The quantitative estimate of drug-likeness (QED) is 0.388. The van der Waals surface area contributed by atoms with Gasteiger partial charge < -0.3 is 0 Å². The Bertz CT molecular complexity index is 34.4. The highest BCUT2D eigenvalue weighted by Gasteiger charge is 1.78. The van der Waals surface area contributed by atoms with E-state index in [-0.39, 0.29) is 0 Å². The molecule has 44 valence electrons. The maximum Gasteiger partial charge on any atom is 0.180 e. The summed E-state index contributed by atoms with van der Waals surface area (Å²) in [7, 11) is 1.13. The highest BCUT2D eigenvalue weighted by Crippen LogP contribution is 2.03. The van der Waals surface area contributed by atoms with Gasteiger partial charge in [-0.15, -0.1) is 12.3 Å². The lowest BCUT2D eigenvalue weighted by Gasteiger charge is -1.69. The van der Waals surface area contributed by atoms with Gasteiger partial charge in [-0.2, -0.15) is 0 Å². The van der Waals surface area contributed by atoms with Crippen LogP contribution in [0.2, 0.25) is 0 Å². The first-order chi connectivity index (χ1) is 3.15. The summed E-state index contributed by atoms with van der Waals surface area (Å²) >= 11 is 14.4. The highest BCUT2D eigenvalue weighted by molar-refractivity contribution is 6.63. The van der Waals surface area contributed by atoms with Crippen LogP contribution in [0.5, 0.6) is 0 Å². The van der Waals surface area contributed by atoms with Crippen LogP contribution in [0.25, 0.3) is 0 Å². The maximum absolute atomic E-state index is 4.81. The second-order valence-corrected chi connectivity index (χ2v) is 3.45. The summed E-state index contributed by atoms with van der Waals surface area (Å²) < 4.78 is -0.750. The Hall–Kier alpha value is 0.827. The van der Waals surface area contributed by atoms with Gasteiger partial charge in [-0.1, -0.05) is 34.8 Å². The Kier molecular flexibility index (Phi) is 15.3. The van der Waals surface area contributed by atoms with Gasteiger partial charge in [0.15, 0.2) is 4.30 Å². The van der Waals surface area contributed by atoms with Crippen LogP contribution >= 0.6 is 34.8 Å². The summed E-state index contributed by atoms with van der Waals surface area (Å²) in [6.45, 7) is 3.42. The second-order valence-electron chi connectivity index (χ2n) is 0.656. The van der Waals surface area contributed by atoms with Crippen LogP contribution in [0.4, 0.5) is 0 Å². The predicted octanol–water partition coefficient (Wildman–Crippen LogP) is 1.48. The predicted molar refractivity (Wildman–Crippen MR) is 41.5 cm³/mol. The third-order valence-corrected chi connectivity index (χ3v) is 0. The summed E-state index contributed by atoms with van der Waals surface area (Å²) in [5, 5.41) is 0. The van der Waals surface area contributed by atoms with Crippen molar-refractivity contribution in [1.29, 1.82) is 0 Å². The zero-order valence-corrected chi connectivity index (χ0v) is 8.26. The fourth-order valence-corrected chi connectivity index (χ4v) is 0. The van der Waals surface area contributed by atoms with Gasteiger partial charge in [-0.25, -0.2) is 0 Å². The van der Waals surface area contributed by atoms with E-state index in [1.807, 2.05) is 5.70 Å². The zero-order valence-electron chi connectivity index (χ0n) is 4.00. The molecule has 0 aromatic rings. The standard InChI is InChI=1S/C2H6Si.CHCl3/c1-2-3;2-1(3)4/h2H,1H2,3H3;1H. The van der Waals surface area contributed by atoms with E-state index in [2.05, 4.69) is 6.58 Å². The van der Waals surface area contributed by atoms with Gasteiger partial charge in [-0.05, 0) is 0 Å². The summed E-state index contributed by atoms with van der Waals surface area (Å²) in [5.74, 6) is 0. The molecule has 0 aliphatic heterocycles. The van der Waals surface area contributed by atoms with E-state index in [4.69, 9.17) is 34.8 Å². The van der Waals surface area contributed by atoms with Crippen LogP contribution in [-0.4, -0.2) is 14.5 Å². The van der Waals surface area contributed by atoms with Crippen LogP contribution in [0.1, 0.15) is 0 Å². The molecule has 0 rings (SSSR count). The fourth-order valence-electron chi connectivity index (χ4n) is 0. The normalized spacial score (nSPS) is 7.43. The largest absolute Gasteiger partial charge is 0.180 e. The van der Waals surface area contributed by atoms with Crippen molar-refractivity contribution >= 4 is 45.0 Å². The minimum Gasteiger partial charge on any atom is -0.112 e. The molecule has 0 unspecified atom stereocenters. The molecule has 7 heavy (non-hydrogen) atoms. The van der Waals surface area contributed by atoms with Crippen molar-refractivity contribution in [3.05, 3.63) is 12.3 Å². The van der Waals surface area contributed by atoms with Crippen LogP contribution in [0.3, 0.4) is 0 Å². The lowest BCUT2D eigenvalue weighted by molar-refractivity contribution is 1.96. The molecule has 0 aliphatic carbocycles. The molecule has 0 saturated carbocycles. The molecule has 0 nitrogen and oxygen atoms in total. The van der Waals surface area contributed by atoms with Gasteiger partial charge >= 0.3 is 0 Å². The Morgan fingerprint density at radius 2 is 1.43 bits per heavy atom. The van der Waals surface area contributed by atoms with Crippen LogP contribution in [-0.2, 0) is 0 Å². The Balaban J connectivity index is 0. The summed E-state index contributed by atoms with van der Waals surface area (Å²) in [6.07, 6.45) is 0. The van der Waals surface area contributed by atoms with Crippen molar-refractivity contribution in [2.75, 3.05) is 0 Å². The minimum atomic E-state index is -0.750. The third kappa shape index (κ3) is 233. The summed E-state index contributed by atoms with van der Waals surface area (Å²) in [6, 6.07) is 0. The highest BCUT2D eigenvalue weighted by atomic mass is 35.6. The molecule has 0 fully saturated rings. The van der Waals surface area contributed by atoms with Crippen molar-refractivity contribution in [2.45, 2.75) is 4.30 Å². The molecule has 0 atom stereocenters. The van der Waals surface area contributed by atoms with E-state index in [0.717, 1.165) is 10.2 Å². The van der Waals surface area contributed by atoms with Gasteiger partial charge in [0.2, 0.25) is 0 Å². The molecular formula is C3H7Cl3Si. The van der Waals surface area contributed by atoms with E-state index in [9.17, 15) is 0 Å². The van der Waals surface area contributed by atoms with Crippen molar-refractivity contribution < 1.29 is 0 Å². The van der Waals surface area contributed by atoms with Crippen LogP contribution in [0, 0.1) is 0 Å². The number of alkyl halides is 3. The minimum absolute atomic E-state index is 0.750. The van der Waals surface area contributed by atoms with E-state index in [1.165, 1.54) is 0 Å². The Morgan fingerprint density at radius 3 is 1.43 bits per heavy atom. The number of halogens is 3. The van der Waals surface area contributed by atoms with Gasteiger partial charge in [0.1, 0.15) is 0 Å². The molecular weight excluding hydrogens is 170 g/mol. The van der Waals surface area contributed by atoms with Crippen molar-refractivity contribution in [1.82, 2.24) is 0 Å². The molecule has 0 spiro atoms. The molecule has 0 aromatic heterocycles. The van der Waals surface area contributed by atoms with E-state index in [0.29, 0.717) is 0 Å². The molecule has 0 saturated heterocycles. The monoisotopic (exact) mass is 176 g/mol. The lowest BCUT2D eigenvalue weighted by Crippen LogP contribution is -1.55. The molecule has 0 heterocycles. The topological polar surface area (TPSA) is 0 Å². The summed E-state index contributed by atoms with van der Waals surface area (Å²) in [4.78, 5) is 0. The molecule has 0 aromatic carbocycles. The van der Waals surface area contributed by atoms with Gasteiger partial charge in [-0.3, -0.25) is 0 Å². The smallest absolute Gasteiger partial charge is 0.112 e. The van der Waals surface area contributed by atoms with Crippen molar-refractivity contribution in [2.24, 2.45) is 0 Å². The van der Waals surface area contributed by atoms with Gasteiger partial charge in [0.05, 0.1) is 0 Å². The van der Waals surface area contributed by atoms with Gasteiger partial charge in [0, 0.05) is 10.2 Å². The van der Waals surface area contributed by atoms with E-state index in [1.54, 1.807) is 0 Å². The Labute approximate surface area is 61.9 Å². The first-order valence-corrected chi connectivity index (χ1v) is 4.10. The van der Waals surface area contributed by atoms with Crippen LogP contribution < -0.4 is 0 Å². The fraction of sp³-hybridized carbons (Fsp3) is 0.333. The van der Waals surface area contributed by atoms with E-state index >= 15 is 0 Å². The Morgan fingerprint density at radius 1 is 1.43 bits per heavy atom. The third-order valence-electron chi connectivity index (χ3n) is 0. The summed E-state index contributed by atoms with van der Waals surface area (Å²) in [5.41, 5.74) is 1.89. The second kappa shape index (κ2) is 9.95. The first kappa shape index (κ1) is 10.7. The average molecular weight is 178 g/mol. The zero-order chi connectivity index (χ0) is 6.28. The number of rotatable bonds is 0. The number of hydrogen-bond acceptors (Lipinski definition) is 0. The molecule has 0 radical (unpaired) electrons. The molecule has 0 bridgehead atoms. The van der Waals surface area contributed by atoms with Gasteiger partial charge in [0.25, 0.3) is 0 Å². The first-order valence-electron chi connectivity index (χ1n) is 1.64. The average Bonchev–Trinajstić information content (AvgIpc) is 1.33. The van der Waals surface area contributed by atoms with E-state index < -0.39 is 4.30 Å². The maximum atomic E-state index is 4.81. The molecule has 0 N–H and O–H groups in total. The number of hydrogen-bond donors (Lipinski definition) is 0. The van der Waals surface area contributed by atoms with Crippen molar-refractivity contribution in [3.63, 3.8) is 0 Å². The van der Waals surface area contributed by atoms with Crippen LogP contribution in [0.15, 0.2) is 12.3 Å². The molecule has 0 amide bonds. The SMILES string of the molecule is C=C[SiH3].ClC(Cl)Cl.